The fraction of sp³-hybridized carbons (Fsp3) is 0.160. The number of benzene rings is 3. The summed E-state index contributed by atoms with van der Waals surface area (Å²) in [6, 6.07) is 23.8. The van der Waals surface area contributed by atoms with E-state index in [9.17, 15) is 0 Å². The lowest BCUT2D eigenvalue weighted by molar-refractivity contribution is 0.292. The molecular weight excluding hydrogens is 434 g/mol. The van der Waals surface area contributed by atoms with Gasteiger partial charge < -0.3 is 14.5 Å². The number of imidazole rings is 1. The van der Waals surface area contributed by atoms with Crippen molar-refractivity contribution >= 4 is 22.8 Å². The lowest BCUT2D eigenvalue weighted by atomic mass is 10.2. The van der Waals surface area contributed by atoms with Crippen molar-refractivity contribution in [3.05, 3.63) is 90.0 Å². The molecule has 5 aromatic rings. The molecule has 0 aliphatic rings. The van der Waals surface area contributed by atoms with Crippen LogP contribution in [0.2, 0.25) is 0 Å². The number of ether oxygens (including phenoxy) is 2. The molecule has 2 heterocycles. The Morgan fingerprint density at radius 1 is 0.909 bits per heavy atom. The summed E-state index contributed by atoms with van der Waals surface area (Å²) in [4.78, 5) is 8.04. The van der Waals surface area contributed by atoms with E-state index in [-0.39, 0.29) is 0 Å². The topological polar surface area (TPSA) is 77.8 Å². The molecule has 8 heteroatoms. The lowest BCUT2D eigenvalue weighted by Crippen LogP contribution is -2.07. The summed E-state index contributed by atoms with van der Waals surface area (Å²) >= 11 is 1.57. The fourth-order valence-corrected chi connectivity index (χ4v) is 4.31. The first-order valence-electron chi connectivity index (χ1n) is 10.5. The smallest absolute Gasteiger partial charge is 0.196 e. The highest BCUT2D eigenvalue weighted by molar-refractivity contribution is 7.98. The van der Waals surface area contributed by atoms with Crippen molar-refractivity contribution in [2.24, 2.45) is 0 Å². The maximum atomic E-state index is 5.99. The van der Waals surface area contributed by atoms with Crippen LogP contribution in [0.3, 0.4) is 0 Å². The predicted molar refractivity (Wildman–Crippen MR) is 129 cm³/mol. The molecule has 1 N–H and O–H groups in total. The molecule has 0 fully saturated rings. The van der Waals surface area contributed by atoms with E-state index in [1.54, 1.807) is 18.9 Å². The monoisotopic (exact) mass is 457 g/mol. The molecule has 3 aromatic carbocycles. The average molecular weight is 458 g/mol. The number of para-hydroxylation sites is 2. The Kier molecular flexibility index (Phi) is 5.99. The molecule has 0 amide bonds. The number of thioether (sulfide) groups is 1. The number of rotatable bonds is 8. The minimum absolute atomic E-state index is 0.299. The Morgan fingerprint density at radius 3 is 2.42 bits per heavy atom. The molecule has 0 unspecified atom stereocenters. The van der Waals surface area contributed by atoms with Gasteiger partial charge >= 0.3 is 0 Å². The zero-order chi connectivity index (χ0) is 22.6. The van der Waals surface area contributed by atoms with Crippen LogP contribution in [-0.2, 0) is 12.4 Å². The Balaban J connectivity index is 1.41. The molecule has 0 atom stereocenters. The van der Waals surface area contributed by atoms with Crippen LogP contribution < -0.4 is 9.47 Å². The number of nitrogens with zero attached hydrogens (tertiary/aromatic N) is 4. The molecule has 0 saturated heterocycles. The lowest BCUT2D eigenvalue weighted by Gasteiger charge is -2.12. The van der Waals surface area contributed by atoms with Gasteiger partial charge in [-0.1, -0.05) is 41.6 Å². The van der Waals surface area contributed by atoms with Gasteiger partial charge in [0.25, 0.3) is 0 Å². The van der Waals surface area contributed by atoms with Crippen molar-refractivity contribution < 1.29 is 9.47 Å². The highest BCUT2D eigenvalue weighted by atomic mass is 32.2. The fourth-order valence-electron chi connectivity index (χ4n) is 3.47. The van der Waals surface area contributed by atoms with Crippen molar-refractivity contribution in [3.8, 4) is 17.2 Å². The highest BCUT2D eigenvalue weighted by Gasteiger charge is 2.16. The molecule has 0 bridgehead atoms. The molecule has 33 heavy (non-hydrogen) atoms. The summed E-state index contributed by atoms with van der Waals surface area (Å²) in [6.45, 7) is 2.35. The van der Waals surface area contributed by atoms with Crippen molar-refractivity contribution in [2.75, 3.05) is 7.11 Å². The Morgan fingerprint density at radius 2 is 1.67 bits per heavy atom. The second-order valence-electron chi connectivity index (χ2n) is 7.52. The molecule has 0 radical (unpaired) electrons. The first-order chi connectivity index (χ1) is 16.2. The van der Waals surface area contributed by atoms with E-state index in [1.165, 1.54) is 5.56 Å². The minimum atomic E-state index is 0.299. The van der Waals surface area contributed by atoms with Gasteiger partial charge in [-0.25, -0.2) is 4.98 Å². The van der Waals surface area contributed by atoms with E-state index in [0.29, 0.717) is 18.2 Å². The van der Waals surface area contributed by atoms with Crippen LogP contribution in [0.15, 0.2) is 78.0 Å². The minimum Gasteiger partial charge on any atom is -0.497 e. The third kappa shape index (κ3) is 4.70. The number of H-pyrrole nitrogens is 1. The van der Waals surface area contributed by atoms with Crippen molar-refractivity contribution in [2.45, 2.75) is 24.4 Å². The second-order valence-corrected chi connectivity index (χ2v) is 8.47. The van der Waals surface area contributed by atoms with E-state index in [1.807, 2.05) is 77.4 Å². The molecule has 166 valence electrons. The van der Waals surface area contributed by atoms with Crippen LogP contribution in [0.25, 0.3) is 16.7 Å². The normalized spacial score (nSPS) is 11.1. The number of aromatic nitrogens is 5. The number of nitrogens with one attached hydrogen (secondary N) is 1. The summed E-state index contributed by atoms with van der Waals surface area (Å²) in [5.74, 6) is 3.83. The quantitative estimate of drug-likeness (QED) is 0.317. The third-order valence-electron chi connectivity index (χ3n) is 5.20. The Labute approximate surface area is 195 Å². The summed E-state index contributed by atoms with van der Waals surface area (Å²) in [7, 11) is 1.66. The van der Waals surface area contributed by atoms with Gasteiger partial charge in [-0.2, -0.15) is 0 Å². The number of aryl methyl sites for hydroxylation is 1. The molecule has 7 nitrogen and oxygen atoms in total. The van der Waals surface area contributed by atoms with Crippen LogP contribution in [0, 0.1) is 6.92 Å². The van der Waals surface area contributed by atoms with Crippen LogP contribution >= 0.6 is 11.8 Å². The van der Waals surface area contributed by atoms with Crippen LogP contribution in [0.5, 0.6) is 11.5 Å². The first kappa shape index (κ1) is 21.1. The van der Waals surface area contributed by atoms with E-state index in [2.05, 4.69) is 27.1 Å². The van der Waals surface area contributed by atoms with E-state index >= 15 is 0 Å². The Bertz CT molecular complexity index is 1330. The molecular formula is C25H23N5O2S. The van der Waals surface area contributed by atoms with Crippen LogP contribution in [0.1, 0.15) is 17.2 Å². The summed E-state index contributed by atoms with van der Waals surface area (Å²) in [5, 5.41) is 9.65. The molecule has 2 aromatic heterocycles. The number of aromatic amines is 1. The van der Waals surface area contributed by atoms with Crippen molar-refractivity contribution in [1.29, 1.82) is 0 Å². The molecule has 0 saturated carbocycles. The zero-order valence-electron chi connectivity index (χ0n) is 18.4. The van der Waals surface area contributed by atoms with Gasteiger partial charge in [-0.3, -0.25) is 4.57 Å². The van der Waals surface area contributed by atoms with E-state index in [4.69, 9.17) is 9.47 Å². The molecule has 0 aliphatic carbocycles. The Hall–Kier alpha value is -3.78. The zero-order valence-corrected chi connectivity index (χ0v) is 19.2. The van der Waals surface area contributed by atoms with E-state index in [0.717, 1.165) is 39.2 Å². The second kappa shape index (κ2) is 9.38. The molecule has 5 rings (SSSR count). The van der Waals surface area contributed by atoms with Gasteiger partial charge in [0.1, 0.15) is 23.9 Å². The van der Waals surface area contributed by atoms with Crippen molar-refractivity contribution in [3.63, 3.8) is 0 Å². The van der Waals surface area contributed by atoms with Gasteiger partial charge in [0.05, 0.1) is 23.9 Å². The standard InChI is InChI=1S/C25H23N5O2S/c1-17-7-11-20(12-8-17)32-15-24-28-29-25(30(24)18-9-13-19(31-2)14-10-18)33-16-23-26-21-5-3-4-6-22(21)27-23/h3-14H,15-16H2,1-2H3,(H,26,27). The number of hydrogen-bond donors (Lipinski definition) is 1. The highest BCUT2D eigenvalue weighted by Crippen LogP contribution is 2.27. The average Bonchev–Trinajstić information content (AvgIpc) is 3.46. The van der Waals surface area contributed by atoms with Gasteiger partial charge in [0, 0.05) is 5.69 Å². The number of fused-ring (bicyclic) bond motifs is 1. The summed E-state index contributed by atoms with van der Waals surface area (Å²) in [5.41, 5.74) is 4.11. The van der Waals surface area contributed by atoms with Gasteiger partial charge in [-0.05, 0) is 55.5 Å². The molecule has 0 aliphatic heterocycles. The third-order valence-corrected chi connectivity index (χ3v) is 6.14. The van der Waals surface area contributed by atoms with Crippen LogP contribution in [-0.4, -0.2) is 31.8 Å². The summed E-state index contributed by atoms with van der Waals surface area (Å²) < 4.78 is 13.3. The predicted octanol–water partition coefficient (Wildman–Crippen LogP) is 5.33. The molecule has 0 spiro atoms. The van der Waals surface area contributed by atoms with Gasteiger partial charge in [0.15, 0.2) is 11.0 Å². The van der Waals surface area contributed by atoms with Crippen LogP contribution in [0.4, 0.5) is 0 Å². The van der Waals surface area contributed by atoms with Gasteiger partial charge in [-0.15, -0.1) is 10.2 Å². The first-order valence-corrected chi connectivity index (χ1v) is 11.5. The number of hydrogen-bond acceptors (Lipinski definition) is 6. The van der Waals surface area contributed by atoms with Gasteiger partial charge in [0.2, 0.25) is 0 Å². The SMILES string of the molecule is COc1ccc(-n2c(COc3ccc(C)cc3)nnc2SCc2nc3ccccc3[nH]2)cc1. The largest absolute Gasteiger partial charge is 0.497 e. The maximum Gasteiger partial charge on any atom is 0.196 e. The van der Waals surface area contributed by atoms with Crippen molar-refractivity contribution in [1.82, 2.24) is 24.7 Å². The number of methoxy groups -OCH3 is 1. The summed E-state index contributed by atoms with van der Waals surface area (Å²) in [6.07, 6.45) is 0. The van der Waals surface area contributed by atoms with E-state index < -0.39 is 0 Å². The maximum absolute atomic E-state index is 5.99.